The highest BCUT2D eigenvalue weighted by molar-refractivity contribution is 6.07. The van der Waals surface area contributed by atoms with Crippen molar-refractivity contribution in [3.8, 4) is 57.4 Å². The SMILES string of the molecule is CC(C)(C)c1ccc2c(c1)-c1nc-2nc2[nH]c(nc3nc(nc4[nH]c(n1)c1ccc(C(C)(C)C)cc41)-c1ccc(C#Cc4ccc([N+](=O)[O-])cc4)cc1-3)c1ccc(C(C)(C)C)cc21. The number of rotatable bonds is 1. The van der Waals surface area contributed by atoms with E-state index < -0.39 is 4.92 Å². The molecular weight excluding hydrogens is 783 g/mol. The second kappa shape index (κ2) is 14.0. The third-order valence-electron chi connectivity index (χ3n) is 11.9. The Morgan fingerprint density at radius 3 is 1.29 bits per heavy atom. The van der Waals surface area contributed by atoms with Crippen LogP contribution in [0.2, 0.25) is 0 Å². The van der Waals surface area contributed by atoms with Crippen LogP contribution in [0, 0.1) is 22.0 Å². The van der Waals surface area contributed by atoms with Gasteiger partial charge in [-0.15, -0.1) is 0 Å². The number of nitrogens with zero attached hydrogens (tertiary/aromatic N) is 7. The van der Waals surface area contributed by atoms with Crippen LogP contribution in [-0.4, -0.2) is 44.8 Å². The highest BCUT2D eigenvalue weighted by Crippen LogP contribution is 2.40. The topological polar surface area (TPSA) is 152 Å². The molecule has 11 nitrogen and oxygen atoms in total. The van der Waals surface area contributed by atoms with Gasteiger partial charge in [-0.3, -0.25) is 10.1 Å². The molecule has 0 amide bonds. The van der Waals surface area contributed by atoms with E-state index in [1.165, 1.54) is 17.7 Å². The summed E-state index contributed by atoms with van der Waals surface area (Å²) >= 11 is 0. The van der Waals surface area contributed by atoms with Crippen LogP contribution in [0.3, 0.4) is 0 Å². The van der Waals surface area contributed by atoms with E-state index in [0.717, 1.165) is 60.5 Å². The summed E-state index contributed by atoms with van der Waals surface area (Å²) in [6.07, 6.45) is 0. The Labute approximate surface area is 364 Å². The van der Waals surface area contributed by atoms with Crippen molar-refractivity contribution in [3.05, 3.63) is 135 Å². The van der Waals surface area contributed by atoms with Crippen molar-refractivity contribution >= 4 is 49.8 Å². The number of nitrogens with one attached hydrogen (secondary N) is 2. The molecule has 3 aromatic heterocycles. The molecule has 5 aromatic carbocycles. The number of nitro benzene ring substituents is 1. The minimum absolute atomic E-state index is 0.0143. The molecule has 0 fully saturated rings. The molecule has 0 spiro atoms. The second-order valence-corrected chi connectivity index (χ2v) is 19.5. The quantitative estimate of drug-likeness (QED) is 0.0942. The van der Waals surface area contributed by atoms with E-state index in [-0.39, 0.29) is 21.9 Å². The minimum atomic E-state index is -0.420. The summed E-state index contributed by atoms with van der Waals surface area (Å²) in [6.45, 7) is 19.8. The summed E-state index contributed by atoms with van der Waals surface area (Å²) in [6, 6.07) is 31.4. The van der Waals surface area contributed by atoms with Gasteiger partial charge in [-0.1, -0.05) is 111 Å². The molecule has 63 heavy (non-hydrogen) atoms. The van der Waals surface area contributed by atoms with Gasteiger partial charge in [0.25, 0.3) is 5.69 Å². The van der Waals surface area contributed by atoms with Gasteiger partial charge in [0.15, 0.2) is 23.3 Å². The van der Waals surface area contributed by atoms with Crippen molar-refractivity contribution in [2.24, 2.45) is 0 Å². The van der Waals surface area contributed by atoms with Crippen LogP contribution in [0.5, 0.6) is 0 Å². The van der Waals surface area contributed by atoms with E-state index in [4.69, 9.17) is 29.9 Å². The van der Waals surface area contributed by atoms with Crippen LogP contribution in [0.1, 0.15) is 90.1 Å². The van der Waals surface area contributed by atoms with E-state index in [1.807, 2.05) is 18.2 Å². The molecule has 10 rings (SSSR count). The average molecular weight is 828 g/mol. The number of aromatic amines is 2. The smallest absolute Gasteiger partial charge is 0.269 e. The second-order valence-electron chi connectivity index (χ2n) is 19.5. The molecule has 2 aliphatic heterocycles. The number of nitro groups is 1. The number of hydrogen-bond donors (Lipinski definition) is 2. The van der Waals surface area contributed by atoms with Crippen LogP contribution in [0.4, 0.5) is 5.69 Å². The normalized spacial score (nSPS) is 12.5. The number of aromatic nitrogens is 8. The summed E-state index contributed by atoms with van der Waals surface area (Å²) in [4.78, 5) is 49.4. The van der Waals surface area contributed by atoms with Gasteiger partial charge < -0.3 is 9.97 Å². The molecule has 0 aliphatic carbocycles. The monoisotopic (exact) mass is 827 g/mol. The van der Waals surface area contributed by atoms with Gasteiger partial charge in [0.2, 0.25) is 0 Å². The molecule has 5 heterocycles. The van der Waals surface area contributed by atoms with Gasteiger partial charge >= 0.3 is 0 Å². The van der Waals surface area contributed by atoms with E-state index in [0.29, 0.717) is 51.4 Å². The Morgan fingerprint density at radius 1 is 0.429 bits per heavy atom. The summed E-state index contributed by atoms with van der Waals surface area (Å²) in [5.41, 5.74) is 10.4. The zero-order chi connectivity index (χ0) is 44.2. The first-order valence-corrected chi connectivity index (χ1v) is 21.0. The summed E-state index contributed by atoms with van der Waals surface area (Å²) in [5.74, 6) is 8.48. The largest absolute Gasteiger partial charge is 0.324 e. The van der Waals surface area contributed by atoms with Crippen molar-refractivity contribution in [1.82, 2.24) is 39.9 Å². The predicted octanol–water partition coefficient (Wildman–Crippen LogP) is 12.1. The van der Waals surface area contributed by atoms with Crippen molar-refractivity contribution in [2.45, 2.75) is 78.6 Å². The van der Waals surface area contributed by atoms with E-state index in [1.54, 1.807) is 12.1 Å². The molecule has 0 saturated carbocycles. The predicted molar refractivity (Wildman–Crippen MR) is 251 cm³/mol. The van der Waals surface area contributed by atoms with Gasteiger partial charge in [-0.05, 0) is 81.5 Å². The highest BCUT2D eigenvalue weighted by Gasteiger charge is 2.26. The lowest BCUT2D eigenvalue weighted by Gasteiger charge is -2.19. The van der Waals surface area contributed by atoms with Crippen LogP contribution in [0.15, 0.2) is 97.1 Å². The summed E-state index contributed by atoms with van der Waals surface area (Å²) in [7, 11) is 0. The molecule has 8 bridgehead atoms. The molecule has 2 N–H and O–H groups in total. The minimum Gasteiger partial charge on any atom is -0.324 e. The van der Waals surface area contributed by atoms with Crippen LogP contribution >= 0.6 is 0 Å². The number of benzene rings is 5. The maximum absolute atomic E-state index is 11.2. The molecule has 310 valence electrons. The van der Waals surface area contributed by atoms with Gasteiger partial charge in [0.1, 0.15) is 22.6 Å². The summed E-state index contributed by atoms with van der Waals surface area (Å²) in [5, 5.41) is 14.9. The van der Waals surface area contributed by atoms with Gasteiger partial charge in [0.05, 0.1) is 4.92 Å². The Morgan fingerprint density at radius 2 is 0.810 bits per heavy atom. The highest BCUT2D eigenvalue weighted by atomic mass is 16.6. The van der Waals surface area contributed by atoms with Gasteiger partial charge in [-0.25, -0.2) is 29.9 Å². The van der Waals surface area contributed by atoms with Crippen molar-refractivity contribution in [3.63, 3.8) is 0 Å². The van der Waals surface area contributed by atoms with Crippen LogP contribution < -0.4 is 0 Å². The first-order chi connectivity index (χ1) is 29.9. The number of H-pyrrole nitrogens is 2. The van der Waals surface area contributed by atoms with E-state index >= 15 is 0 Å². The van der Waals surface area contributed by atoms with Gasteiger partial charge in [-0.2, -0.15) is 0 Å². The Bertz CT molecular complexity index is 3470. The average Bonchev–Trinajstić information content (AvgIpc) is 3.96. The molecule has 0 radical (unpaired) electrons. The van der Waals surface area contributed by atoms with Crippen molar-refractivity contribution < 1.29 is 4.92 Å². The first kappa shape index (κ1) is 39.5. The maximum atomic E-state index is 11.2. The molecule has 8 aromatic rings. The number of hydrogen-bond acceptors (Lipinski definition) is 8. The lowest BCUT2D eigenvalue weighted by molar-refractivity contribution is -0.384. The van der Waals surface area contributed by atoms with Crippen LogP contribution in [-0.2, 0) is 16.2 Å². The Kier molecular flexibility index (Phi) is 8.77. The molecule has 0 atom stereocenters. The first-order valence-electron chi connectivity index (χ1n) is 21.0. The molecule has 2 aliphatic rings. The van der Waals surface area contributed by atoms with E-state index in [9.17, 15) is 10.1 Å². The molecular formula is C52H45N9O2. The standard InChI is InChI=1S/C52H45N9O2/c1-50(2,3)30-15-21-35-39(25-30)48-56-43(35)54-46-38-24-29(11-10-28-12-18-33(19-13-28)61(62)63)14-20-34(38)42(53-46)55-47-40-26-31(51(4,5)6)16-22-36(40)44(57-47)59-49-41-27-32(52(7,8)9)17-23-37(41)45(58-48)60-49/h12-27H,1-9H3,(H2,53,54,55,56,57,58,59,60). The van der Waals surface area contributed by atoms with Gasteiger partial charge in [0, 0.05) is 67.1 Å². The zero-order valence-corrected chi connectivity index (χ0v) is 36.7. The Balaban J connectivity index is 1.30. The third-order valence-corrected chi connectivity index (χ3v) is 11.9. The maximum Gasteiger partial charge on any atom is 0.269 e. The fourth-order valence-electron chi connectivity index (χ4n) is 8.08. The van der Waals surface area contributed by atoms with Crippen molar-refractivity contribution in [1.29, 1.82) is 0 Å². The summed E-state index contributed by atoms with van der Waals surface area (Å²) < 4.78 is 0. The van der Waals surface area contributed by atoms with Crippen LogP contribution in [0.25, 0.3) is 89.7 Å². The van der Waals surface area contributed by atoms with E-state index in [2.05, 4.69) is 139 Å². The van der Waals surface area contributed by atoms with Crippen molar-refractivity contribution in [2.75, 3.05) is 0 Å². The lowest BCUT2D eigenvalue weighted by Crippen LogP contribution is -2.10. The number of fused-ring (bicyclic) bond motifs is 20. The fraction of sp³-hybridized carbons (Fsp3) is 0.231. The lowest BCUT2D eigenvalue weighted by atomic mass is 9.85. The third kappa shape index (κ3) is 7.07. The Hall–Kier alpha value is -7.58. The zero-order valence-electron chi connectivity index (χ0n) is 36.7. The molecule has 0 saturated heterocycles. The number of non-ortho nitro benzene ring substituents is 1. The molecule has 0 unspecified atom stereocenters. The fourth-order valence-corrected chi connectivity index (χ4v) is 8.08. The molecule has 11 heteroatoms.